The van der Waals surface area contributed by atoms with Crippen molar-refractivity contribution in [2.45, 2.75) is 12.3 Å². The lowest BCUT2D eigenvalue weighted by molar-refractivity contribution is 0.251. The summed E-state index contributed by atoms with van der Waals surface area (Å²) in [5.74, 6) is 1.13. The minimum Gasteiger partial charge on any atom is -0.338 e. The van der Waals surface area contributed by atoms with Gasteiger partial charge in [0.2, 0.25) is 0 Å². The molecule has 0 saturated heterocycles. The van der Waals surface area contributed by atoms with Crippen LogP contribution in [0, 0.1) is 5.92 Å². The lowest BCUT2D eigenvalue weighted by Gasteiger charge is -2.07. The highest BCUT2D eigenvalue weighted by Crippen LogP contribution is 2.46. The van der Waals surface area contributed by atoms with E-state index in [2.05, 4.69) is 34.9 Å². The maximum Gasteiger partial charge on any atom is 0.319 e. The molecule has 108 valence electrons. The summed E-state index contributed by atoms with van der Waals surface area (Å²) in [6.07, 6.45) is 1.14. The second kappa shape index (κ2) is 6.19. The van der Waals surface area contributed by atoms with E-state index in [0.717, 1.165) is 12.1 Å². The number of benzene rings is 2. The number of hydrogen-bond acceptors (Lipinski definition) is 1. The molecule has 1 saturated carbocycles. The molecule has 2 aromatic carbocycles. The summed E-state index contributed by atoms with van der Waals surface area (Å²) in [5, 5.41) is 6.38. The van der Waals surface area contributed by atoms with Crippen LogP contribution in [0.15, 0.2) is 54.6 Å². The van der Waals surface area contributed by atoms with E-state index in [-0.39, 0.29) is 6.03 Å². The van der Waals surface area contributed by atoms with Crippen LogP contribution in [-0.2, 0) is 0 Å². The Kier molecular flexibility index (Phi) is 4.11. The molecule has 2 N–H and O–H groups in total. The summed E-state index contributed by atoms with van der Waals surface area (Å²) >= 11 is 5.81. The van der Waals surface area contributed by atoms with E-state index in [0.29, 0.717) is 23.4 Å². The first-order chi connectivity index (χ1) is 10.2. The van der Waals surface area contributed by atoms with Crippen molar-refractivity contribution < 1.29 is 4.79 Å². The zero-order chi connectivity index (χ0) is 14.7. The predicted molar refractivity (Wildman–Crippen MR) is 85.8 cm³/mol. The molecular formula is C17H17ClN2O. The fourth-order valence-electron chi connectivity index (χ4n) is 2.51. The molecule has 0 heterocycles. The van der Waals surface area contributed by atoms with Gasteiger partial charge in [-0.05, 0) is 48.1 Å². The van der Waals surface area contributed by atoms with Crippen LogP contribution in [0.5, 0.6) is 0 Å². The van der Waals surface area contributed by atoms with Crippen LogP contribution >= 0.6 is 11.6 Å². The summed E-state index contributed by atoms with van der Waals surface area (Å²) in [6, 6.07) is 17.4. The smallest absolute Gasteiger partial charge is 0.319 e. The van der Waals surface area contributed by atoms with Gasteiger partial charge in [-0.3, -0.25) is 0 Å². The van der Waals surface area contributed by atoms with E-state index < -0.39 is 0 Å². The fraction of sp³-hybridized carbons (Fsp3) is 0.235. The van der Waals surface area contributed by atoms with E-state index in [9.17, 15) is 4.79 Å². The second-order valence-corrected chi connectivity index (χ2v) is 5.79. The lowest BCUT2D eigenvalue weighted by atomic mass is 10.1. The van der Waals surface area contributed by atoms with Crippen LogP contribution < -0.4 is 10.6 Å². The number of carbonyl (C=O) groups is 1. The first-order valence-electron chi connectivity index (χ1n) is 7.08. The zero-order valence-electron chi connectivity index (χ0n) is 11.6. The van der Waals surface area contributed by atoms with Crippen LogP contribution in [0.25, 0.3) is 0 Å². The third kappa shape index (κ3) is 3.76. The number of anilines is 1. The Morgan fingerprint density at radius 3 is 2.52 bits per heavy atom. The number of amides is 2. The number of halogens is 1. The molecule has 3 nitrogen and oxygen atoms in total. The first-order valence-corrected chi connectivity index (χ1v) is 7.45. The summed E-state index contributed by atoms with van der Waals surface area (Å²) in [5.41, 5.74) is 2.11. The topological polar surface area (TPSA) is 41.1 Å². The summed E-state index contributed by atoms with van der Waals surface area (Å²) in [7, 11) is 0. The van der Waals surface area contributed by atoms with Crippen molar-refractivity contribution in [1.29, 1.82) is 0 Å². The molecule has 0 aliphatic heterocycles. The third-order valence-corrected chi connectivity index (χ3v) is 4.03. The van der Waals surface area contributed by atoms with Crippen molar-refractivity contribution in [2.75, 3.05) is 11.9 Å². The molecule has 1 aliphatic carbocycles. The zero-order valence-corrected chi connectivity index (χ0v) is 12.3. The van der Waals surface area contributed by atoms with E-state index in [1.807, 2.05) is 6.07 Å². The highest BCUT2D eigenvalue weighted by molar-refractivity contribution is 6.30. The minimum atomic E-state index is -0.170. The van der Waals surface area contributed by atoms with Gasteiger partial charge in [0.1, 0.15) is 0 Å². The van der Waals surface area contributed by atoms with Gasteiger partial charge >= 0.3 is 6.03 Å². The Bertz CT molecular complexity index is 612. The first kappa shape index (κ1) is 14.0. The summed E-state index contributed by atoms with van der Waals surface area (Å²) < 4.78 is 0. The van der Waals surface area contributed by atoms with Crippen molar-refractivity contribution >= 4 is 23.3 Å². The number of nitrogens with one attached hydrogen (secondary N) is 2. The average Bonchev–Trinajstić information content (AvgIpc) is 3.28. The van der Waals surface area contributed by atoms with Crippen LogP contribution in [0.1, 0.15) is 17.9 Å². The molecular weight excluding hydrogens is 284 g/mol. The predicted octanol–water partition coefficient (Wildman–Crippen LogP) is 4.27. The van der Waals surface area contributed by atoms with Crippen molar-refractivity contribution in [3.8, 4) is 0 Å². The Hall–Kier alpha value is -2.00. The molecule has 0 unspecified atom stereocenters. The largest absolute Gasteiger partial charge is 0.338 e. The maximum absolute atomic E-state index is 11.8. The molecule has 21 heavy (non-hydrogen) atoms. The van der Waals surface area contributed by atoms with Crippen LogP contribution in [0.2, 0.25) is 5.02 Å². The Labute approximate surface area is 129 Å². The second-order valence-electron chi connectivity index (χ2n) is 5.35. The van der Waals surface area contributed by atoms with Crippen molar-refractivity contribution in [2.24, 2.45) is 5.92 Å². The van der Waals surface area contributed by atoms with Gasteiger partial charge in [0.05, 0.1) is 0 Å². The Balaban J connectivity index is 1.44. The van der Waals surface area contributed by atoms with E-state index >= 15 is 0 Å². The summed E-state index contributed by atoms with van der Waals surface area (Å²) in [6.45, 7) is 0.707. The van der Waals surface area contributed by atoms with Gasteiger partial charge < -0.3 is 10.6 Å². The molecule has 1 fully saturated rings. The standard InChI is InChI=1S/C17H17ClN2O/c18-14-6-8-15(9-7-14)20-17(21)19-11-13-10-16(13)12-4-2-1-3-5-12/h1-9,13,16H,10-11H2,(H2,19,20,21)/t13-,16-/m0/s1. The molecule has 3 rings (SSSR count). The van der Waals surface area contributed by atoms with Crippen LogP contribution in [0.4, 0.5) is 10.5 Å². The third-order valence-electron chi connectivity index (χ3n) is 3.78. The van der Waals surface area contributed by atoms with Crippen LogP contribution in [-0.4, -0.2) is 12.6 Å². The number of rotatable bonds is 4. The van der Waals surface area contributed by atoms with E-state index in [1.54, 1.807) is 24.3 Å². The average molecular weight is 301 g/mol. The molecule has 4 heteroatoms. The van der Waals surface area contributed by atoms with E-state index in [1.165, 1.54) is 5.56 Å². The molecule has 0 spiro atoms. The van der Waals surface area contributed by atoms with Gasteiger partial charge in [-0.25, -0.2) is 4.79 Å². The van der Waals surface area contributed by atoms with Crippen molar-refractivity contribution in [1.82, 2.24) is 5.32 Å². The molecule has 0 bridgehead atoms. The van der Waals surface area contributed by atoms with Crippen molar-refractivity contribution in [3.05, 3.63) is 65.2 Å². The molecule has 2 amide bonds. The normalized spacial score (nSPS) is 19.9. The molecule has 2 aromatic rings. The monoisotopic (exact) mass is 300 g/mol. The Morgan fingerprint density at radius 2 is 1.81 bits per heavy atom. The maximum atomic E-state index is 11.8. The van der Waals surface area contributed by atoms with Gasteiger partial charge in [-0.15, -0.1) is 0 Å². The quantitative estimate of drug-likeness (QED) is 0.870. The lowest BCUT2D eigenvalue weighted by Crippen LogP contribution is -2.30. The molecule has 1 aliphatic rings. The molecule has 0 radical (unpaired) electrons. The minimum absolute atomic E-state index is 0.170. The number of urea groups is 1. The van der Waals surface area contributed by atoms with Crippen LogP contribution in [0.3, 0.4) is 0 Å². The number of hydrogen-bond donors (Lipinski definition) is 2. The highest BCUT2D eigenvalue weighted by Gasteiger charge is 2.37. The van der Waals surface area contributed by atoms with Gasteiger partial charge in [-0.1, -0.05) is 41.9 Å². The van der Waals surface area contributed by atoms with Gasteiger partial charge in [0.25, 0.3) is 0 Å². The highest BCUT2D eigenvalue weighted by atomic mass is 35.5. The fourth-order valence-corrected chi connectivity index (χ4v) is 2.64. The SMILES string of the molecule is O=C(NC[C@@H]1C[C@H]1c1ccccc1)Nc1ccc(Cl)cc1. The van der Waals surface area contributed by atoms with Gasteiger partial charge in [0.15, 0.2) is 0 Å². The van der Waals surface area contributed by atoms with Gasteiger partial charge in [-0.2, -0.15) is 0 Å². The Morgan fingerprint density at radius 1 is 1.10 bits per heavy atom. The van der Waals surface area contributed by atoms with Crippen molar-refractivity contribution in [3.63, 3.8) is 0 Å². The molecule has 2 atom stereocenters. The van der Waals surface area contributed by atoms with Gasteiger partial charge in [0, 0.05) is 17.3 Å². The van der Waals surface area contributed by atoms with E-state index in [4.69, 9.17) is 11.6 Å². The molecule has 0 aromatic heterocycles. The number of carbonyl (C=O) groups excluding carboxylic acids is 1. The summed E-state index contributed by atoms with van der Waals surface area (Å²) in [4.78, 5) is 11.8.